The van der Waals surface area contributed by atoms with E-state index in [1.54, 1.807) is 0 Å². The maximum absolute atomic E-state index is 12.0. The number of hydrogen-bond acceptors (Lipinski definition) is 7. The number of rotatable bonds is 11. The Bertz CT molecular complexity index is 466. The Morgan fingerprint density at radius 1 is 0.808 bits per heavy atom. The van der Waals surface area contributed by atoms with Gasteiger partial charge in [0.15, 0.2) is 31.1 Å². The molecule has 10 heteroatoms. The lowest BCUT2D eigenvalue weighted by molar-refractivity contribution is -0.163. The van der Waals surface area contributed by atoms with E-state index in [1.807, 2.05) is 58.9 Å². The average Bonchev–Trinajstić information content (AvgIpc) is 2.43. The number of esters is 1. The Labute approximate surface area is 160 Å². The predicted molar refractivity (Wildman–Crippen MR) is 109 cm³/mol. The standard InChI is InChI=1S/C16H36O7Si3/c1-20-16(19)13(18)15(23-26(8,9)10)14(22-25(5,6)7)12(11-17)21-24(2,3)4/h11-15,18H,1-10H3/t12-,13-,14+,15+/m0/s1. The van der Waals surface area contributed by atoms with E-state index in [1.165, 1.54) is 7.11 Å². The van der Waals surface area contributed by atoms with Crippen LogP contribution < -0.4 is 0 Å². The van der Waals surface area contributed by atoms with Crippen molar-refractivity contribution in [3.05, 3.63) is 0 Å². The number of carbonyl (C=O) groups is 2. The van der Waals surface area contributed by atoms with Crippen LogP contribution in [-0.2, 0) is 27.6 Å². The molecule has 0 saturated heterocycles. The highest BCUT2D eigenvalue weighted by molar-refractivity contribution is 6.70. The second kappa shape index (κ2) is 9.71. The van der Waals surface area contributed by atoms with Gasteiger partial charge in [0.25, 0.3) is 0 Å². The highest BCUT2D eigenvalue weighted by atomic mass is 28.4. The van der Waals surface area contributed by atoms with Gasteiger partial charge in [-0.2, -0.15) is 0 Å². The molecular formula is C16H36O7Si3. The second-order valence-corrected chi connectivity index (χ2v) is 22.6. The van der Waals surface area contributed by atoms with Gasteiger partial charge < -0.3 is 27.9 Å². The molecule has 0 bridgehead atoms. The van der Waals surface area contributed by atoms with Gasteiger partial charge in [0.2, 0.25) is 0 Å². The lowest BCUT2D eigenvalue weighted by Crippen LogP contribution is -2.58. The fourth-order valence-electron chi connectivity index (χ4n) is 2.28. The van der Waals surface area contributed by atoms with Crippen LogP contribution in [0.15, 0.2) is 0 Å². The molecule has 0 aliphatic heterocycles. The van der Waals surface area contributed by atoms with Gasteiger partial charge in [-0.15, -0.1) is 0 Å². The van der Waals surface area contributed by atoms with Crippen molar-refractivity contribution < 1.29 is 32.7 Å². The lowest BCUT2D eigenvalue weighted by Gasteiger charge is -2.41. The SMILES string of the molecule is COC(=O)[C@@H](O)[C@@H](O[Si](C)(C)C)[C@H](O[Si](C)(C)C)[C@H](C=O)O[Si](C)(C)C. The molecule has 0 aromatic rings. The Kier molecular flexibility index (Phi) is 9.57. The normalized spacial score (nSPS) is 18.0. The molecule has 26 heavy (non-hydrogen) atoms. The first-order chi connectivity index (χ1) is 11.5. The van der Waals surface area contributed by atoms with Crippen molar-refractivity contribution in [2.75, 3.05) is 7.11 Å². The smallest absolute Gasteiger partial charge is 0.337 e. The van der Waals surface area contributed by atoms with E-state index >= 15 is 0 Å². The molecule has 7 nitrogen and oxygen atoms in total. The summed E-state index contributed by atoms with van der Waals surface area (Å²) in [4.78, 5) is 23.8. The average molecular weight is 425 g/mol. The van der Waals surface area contributed by atoms with E-state index in [9.17, 15) is 14.7 Å². The van der Waals surface area contributed by atoms with Crippen molar-refractivity contribution in [2.24, 2.45) is 0 Å². The summed E-state index contributed by atoms with van der Waals surface area (Å²) in [6, 6.07) is 0. The summed E-state index contributed by atoms with van der Waals surface area (Å²) in [5.74, 6) is -0.824. The number of aliphatic hydroxyl groups excluding tert-OH is 1. The number of methoxy groups -OCH3 is 1. The number of hydrogen-bond donors (Lipinski definition) is 1. The number of ether oxygens (including phenoxy) is 1. The molecule has 0 fully saturated rings. The third-order valence-electron chi connectivity index (χ3n) is 3.00. The van der Waals surface area contributed by atoms with Crippen molar-refractivity contribution in [1.29, 1.82) is 0 Å². The molecule has 0 aromatic heterocycles. The minimum atomic E-state index is -2.19. The van der Waals surface area contributed by atoms with E-state index < -0.39 is 55.3 Å². The zero-order valence-electron chi connectivity index (χ0n) is 17.8. The van der Waals surface area contributed by atoms with Crippen molar-refractivity contribution >= 4 is 37.2 Å². The van der Waals surface area contributed by atoms with Crippen LogP contribution in [0.1, 0.15) is 0 Å². The van der Waals surface area contributed by atoms with Crippen LogP contribution in [0.25, 0.3) is 0 Å². The van der Waals surface area contributed by atoms with Gasteiger partial charge in [0.05, 0.1) is 7.11 Å². The van der Waals surface area contributed by atoms with Crippen molar-refractivity contribution in [1.82, 2.24) is 0 Å². The first-order valence-corrected chi connectivity index (χ1v) is 19.0. The van der Waals surface area contributed by atoms with Crippen LogP contribution in [0.4, 0.5) is 0 Å². The Balaban J connectivity index is 6.04. The zero-order valence-corrected chi connectivity index (χ0v) is 20.8. The van der Waals surface area contributed by atoms with E-state index in [0.29, 0.717) is 6.29 Å². The fraction of sp³-hybridized carbons (Fsp3) is 0.875. The molecule has 0 radical (unpaired) electrons. The van der Waals surface area contributed by atoms with Crippen molar-refractivity contribution in [3.8, 4) is 0 Å². The molecule has 0 amide bonds. The van der Waals surface area contributed by atoms with Crippen LogP contribution in [0.5, 0.6) is 0 Å². The summed E-state index contributed by atoms with van der Waals surface area (Å²) in [6.45, 7) is 17.6. The number of aliphatic hydroxyl groups is 1. The van der Waals surface area contributed by atoms with Gasteiger partial charge in [0, 0.05) is 0 Å². The highest BCUT2D eigenvalue weighted by Crippen LogP contribution is 2.25. The molecule has 0 aliphatic rings. The quantitative estimate of drug-likeness (QED) is 0.309. The van der Waals surface area contributed by atoms with E-state index in [0.717, 1.165) is 0 Å². The summed E-state index contributed by atoms with van der Waals surface area (Å²) >= 11 is 0. The molecule has 0 aliphatic carbocycles. The van der Waals surface area contributed by atoms with Crippen LogP contribution in [0.2, 0.25) is 58.9 Å². The summed E-state index contributed by atoms with van der Waals surface area (Å²) in [5.41, 5.74) is 0. The Morgan fingerprint density at radius 2 is 1.19 bits per heavy atom. The molecule has 0 saturated carbocycles. The van der Waals surface area contributed by atoms with E-state index in [4.69, 9.17) is 13.3 Å². The first-order valence-electron chi connectivity index (χ1n) is 8.75. The molecule has 1 N–H and O–H groups in total. The third kappa shape index (κ3) is 10.1. The van der Waals surface area contributed by atoms with E-state index in [2.05, 4.69) is 4.74 Å². The molecule has 0 unspecified atom stereocenters. The van der Waals surface area contributed by atoms with Gasteiger partial charge in [-0.1, -0.05) is 0 Å². The van der Waals surface area contributed by atoms with Gasteiger partial charge >= 0.3 is 5.97 Å². The minimum absolute atomic E-state index is 0.674. The number of aldehydes is 1. The largest absolute Gasteiger partial charge is 0.467 e. The summed E-state index contributed by atoms with van der Waals surface area (Å²) in [5, 5.41) is 10.5. The zero-order chi connectivity index (χ0) is 20.9. The highest BCUT2D eigenvalue weighted by Gasteiger charge is 2.45. The maximum atomic E-state index is 12.0. The van der Waals surface area contributed by atoms with Gasteiger partial charge in [-0.3, -0.25) is 0 Å². The van der Waals surface area contributed by atoms with Gasteiger partial charge in [0.1, 0.15) is 24.6 Å². The van der Waals surface area contributed by atoms with Crippen molar-refractivity contribution in [2.45, 2.75) is 83.3 Å². The maximum Gasteiger partial charge on any atom is 0.337 e. The molecule has 0 rings (SSSR count). The van der Waals surface area contributed by atoms with Gasteiger partial charge in [-0.05, 0) is 58.9 Å². The topological polar surface area (TPSA) is 91.3 Å². The van der Waals surface area contributed by atoms with Crippen LogP contribution in [0.3, 0.4) is 0 Å². The lowest BCUT2D eigenvalue weighted by atomic mass is 10.0. The van der Waals surface area contributed by atoms with Crippen LogP contribution >= 0.6 is 0 Å². The Hall–Kier alpha value is -0.369. The minimum Gasteiger partial charge on any atom is -0.467 e. The summed E-state index contributed by atoms with van der Waals surface area (Å²) in [6.07, 6.45) is -3.78. The molecule has 4 atom stereocenters. The van der Waals surface area contributed by atoms with Crippen LogP contribution in [-0.4, -0.2) is 73.8 Å². The molecule has 154 valence electrons. The summed E-state index contributed by atoms with van der Waals surface area (Å²) in [7, 11) is -5.24. The Morgan fingerprint density at radius 3 is 1.50 bits per heavy atom. The summed E-state index contributed by atoms with van der Waals surface area (Å²) < 4.78 is 23.0. The fourth-order valence-corrected chi connectivity index (χ4v) is 5.45. The molecule has 0 aromatic carbocycles. The molecular weight excluding hydrogens is 388 g/mol. The molecule has 0 heterocycles. The van der Waals surface area contributed by atoms with Gasteiger partial charge in [-0.25, -0.2) is 4.79 Å². The molecule has 0 spiro atoms. The van der Waals surface area contributed by atoms with Crippen LogP contribution in [0, 0.1) is 0 Å². The van der Waals surface area contributed by atoms with E-state index in [-0.39, 0.29) is 0 Å². The van der Waals surface area contributed by atoms with Crippen molar-refractivity contribution in [3.63, 3.8) is 0 Å². The monoisotopic (exact) mass is 424 g/mol. The number of carbonyl (C=O) groups excluding carboxylic acids is 2. The predicted octanol–water partition coefficient (Wildman–Crippen LogP) is 2.38. The first kappa shape index (κ1) is 25.6. The third-order valence-corrected chi connectivity index (χ3v) is 5.94. The second-order valence-electron chi connectivity index (χ2n) is 9.19.